The lowest BCUT2D eigenvalue weighted by atomic mass is 9.97. The van der Waals surface area contributed by atoms with E-state index in [1.54, 1.807) is 13.2 Å². The number of benzene rings is 1. The van der Waals surface area contributed by atoms with Gasteiger partial charge in [0.1, 0.15) is 12.3 Å². The van der Waals surface area contributed by atoms with E-state index in [4.69, 9.17) is 4.74 Å². The molecule has 1 heterocycles. The van der Waals surface area contributed by atoms with Crippen LogP contribution in [0, 0.1) is 0 Å². The summed E-state index contributed by atoms with van der Waals surface area (Å²) in [5, 5.41) is 7.22. The molecule has 0 saturated heterocycles. The predicted molar refractivity (Wildman–Crippen MR) is 105 cm³/mol. The second-order valence-corrected chi connectivity index (χ2v) is 6.65. The number of aromatic nitrogens is 2. The van der Waals surface area contributed by atoms with Crippen LogP contribution in [0.2, 0.25) is 0 Å². The van der Waals surface area contributed by atoms with Gasteiger partial charge >= 0.3 is 0 Å². The Bertz CT molecular complexity index is 886. The lowest BCUT2D eigenvalue weighted by Crippen LogP contribution is -2.34. The molecule has 142 valence electrons. The first-order valence-corrected chi connectivity index (χ1v) is 9.33. The second kappa shape index (κ2) is 9.16. The molecule has 3 rings (SSSR count). The molecule has 1 amide bonds. The van der Waals surface area contributed by atoms with Crippen LogP contribution in [0.4, 0.5) is 0 Å². The standard InChI is InChI=1S/C21H25N3O3/c1-27-18-9-5-8-17(14-18)19-10-11-21(26)24(23-19)15-20(25)22-13-12-16-6-3-2-4-7-16/h5-6,8-11,14H,2-4,7,12-13,15H2,1H3,(H,22,25). The molecule has 1 aromatic heterocycles. The van der Waals surface area contributed by atoms with E-state index in [0.29, 0.717) is 18.0 Å². The number of allylic oxidation sites excluding steroid dienone is 1. The highest BCUT2D eigenvalue weighted by Gasteiger charge is 2.09. The van der Waals surface area contributed by atoms with Crippen LogP contribution in [0.3, 0.4) is 0 Å². The van der Waals surface area contributed by atoms with Crippen molar-refractivity contribution >= 4 is 5.91 Å². The van der Waals surface area contributed by atoms with Gasteiger partial charge in [-0.2, -0.15) is 5.10 Å². The fourth-order valence-corrected chi connectivity index (χ4v) is 3.18. The van der Waals surface area contributed by atoms with Crippen LogP contribution in [0.5, 0.6) is 5.75 Å². The highest BCUT2D eigenvalue weighted by atomic mass is 16.5. The number of amides is 1. The molecule has 1 aliphatic carbocycles. The Morgan fingerprint density at radius 2 is 2.15 bits per heavy atom. The molecule has 0 aliphatic heterocycles. The van der Waals surface area contributed by atoms with Crippen LogP contribution < -0.4 is 15.6 Å². The van der Waals surface area contributed by atoms with Crippen LogP contribution in [0.1, 0.15) is 32.1 Å². The topological polar surface area (TPSA) is 73.2 Å². The summed E-state index contributed by atoms with van der Waals surface area (Å²) >= 11 is 0. The molecular formula is C21H25N3O3. The van der Waals surface area contributed by atoms with Crippen molar-refractivity contribution in [3.8, 4) is 17.0 Å². The van der Waals surface area contributed by atoms with Gasteiger partial charge in [0.2, 0.25) is 5.91 Å². The molecule has 2 aromatic rings. The van der Waals surface area contributed by atoms with Crippen LogP contribution in [0.15, 0.2) is 52.8 Å². The Morgan fingerprint density at radius 3 is 2.93 bits per heavy atom. The van der Waals surface area contributed by atoms with Gasteiger partial charge in [-0.1, -0.05) is 23.8 Å². The summed E-state index contributed by atoms with van der Waals surface area (Å²) in [6.45, 7) is 0.505. The number of carbonyl (C=O) groups is 1. The van der Waals surface area contributed by atoms with Crippen molar-refractivity contribution in [2.75, 3.05) is 13.7 Å². The third-order valence-corrected chi connectivity index (χ3v) is 4.68. The van der Waals surface area contributed by atoms with Crippen molar-refractivity contribution < 1.29 is 9.53 Å². The normalized spacial score (nSPS) is 13.7. The number of ether oxygens (including phenoxy) is 1. The SMILES string of the molecule is COc1cccc(-c2ccc(=O)n(CC(=O)NCCC3=CCCCC3)n2)c1. The fraction of sp³-hybridized carbons (Fsp3) is 0.381. The Morgan fingerprint density at radius 1 is 1.26 bits per heavy atom. The fourth-order valence-electron chi connectivity index (χ4n) is 3.18. The monoisotopic (exact) mass is 367 g/mol. The average molecular weight is 367 g/mol. The minimum Gasteiger partial charge on any atom is -0.497 e. The van der Waals surface area contributed by atoms with E-state index in [-0.39, 0.29) is 18.0 Å². The van der Waals surface area contributed by atoms with E-state index in [9.17, 15) is 9.59 Å². The van der Waals surface area contributed by atoms with Gasteiger partial charge in [0.15, 0.2) is 0 Å². The van der Waals surface area contributed by atoms with Crippen LogP contribution in [-0.2, 0) is 11.3 Å². The Hall–Kier alpha value is -2.89. The number of methoxy groups -OCH3 is 1. The summed E-state index contributed by atoms with van der Waals surface area (Å²) in [5.74, 6) is 0.505. The van der Waals surface area contributed by atoms with E-state index >= 15 is 0 Å². The van der Waals surface area contributed by atoms with E-state index in [2.05, 4.69) is 16.5 Å². The number of hydrogen-bond donors (Lipinski definition) is 1. The highest BCUT2D eigenvalue weighted by Crippen LogP contribution is 2.21. The van der Waals surface area contributed by atoms with Gasteiger partial charge in [-0.25, -0.2) is 4.68 Å². The zero-order chi connectivity index (χ0) is 19.1. The Balaban J connectivity index is 1.62. The van der Waals surface area contributed by atoms with Crippen molar-refractivity contribution in [3.63, 3.8) is 0 Å². The van der Waals surface area contributed by atoms with Crippen LogP contribution in [-0.4, -0.2) is 29.3 Å². The summed E-state index contributed by atoms with van der Waals surface area (Å²) in [6, 6.07) is 10.5. The van der Waals surface area contributed by atoms with E-state index in [0.717, 1.165) is 24.8 Å². The first-order valence-electron chi connectivity index (χ1n) is 9.33. The van der Waals surface area contributed by atoms with Gasteiger partial charge in [0, 0.05) is 18.2 Å². The maximum absolute atomic E-state index is 12.2. The van der Waals surface area contributed by atoms with Gasteiger partial charge < -0.3 is 10.1 Å². The molecule has 1 N–H and O–H groups in total. The van der Waals surface area contributed by atoms with Crippen molar-refractivity contribution in [2.24, 2.45) is 0 Å². The summed E-state index contributed by atoms with van der Waals surface area (Å²) in [7, 11) is 1.60. The van der Waals surface area contributed by atoms with Gasteiger partial charge in [0.25, 0.3) is 5.56 Å². The third kappa shape index (κ3) is 5.29. The van der Waals surface area contributed by atoms with E-state index in [1.165, 1.54) is 29.2 Å². The maximum atomic E-state index is 12.2. The molecule has 0 saturated carbocycles. The van der Waals surface area contributed by atoms with Crippen molar-refractivity contribution in [1.29, 1.82) is 0 Å². The Labute approximate surface area is 158 Å². The molecule has 0 radical (unpaired) electrons. The number of nitrogens with zero attached hydrogens (tertiary/aromatic N) is 2. The smallest absolute Gasteiger partial charge is 0.267 e. The van der Waals surface area contributed by atoms with E-state index in [1.807, 2.05) is 24.3 Å². The lowest BCUT2D eigenvalue weighted by molar-refractivity contribution is -0.121. The third-order valence-electron chi connectivity index (χ3n) is 4.68. The Kier molecular flexibility index (Phi) is 6.41. The number of rotatable bonds is 7. The molecule has 6 heteroatoms. The summed E-state index contributed by atoms with van der Waals surface area (Å²) in [4.78, 5) is 24.3. The van der Waals surface area contributed by atoms with Crippen molar-refractivity contribution in [2.45, 2.75) is 38.6 Å². The molecule has 1 aromatic carbocycles. The van der Waals surface area contributed by atoms with Crippen LogP contribution >= 0.6 is 0 Å². The zero-order valence-corrected chi connectivity index (χ0v) is 15.6. The predicted octanol–water partition coefficient (Wildman–Crippen LogP) is 2.93. The summed E-state index contributed by atoms with van der Waals surface area (Å²) in [5.41, 5.74) is 2.56. The largest absolute Gasteiger partial charge is 0.497 e. The molecule has 27 heavy (non-hydrogen) atoms. The molecule has 6 nitrogen and oxygen atoms in total. The average Bonchev–Trinajstić information content (AvgIpc) is 2.70. The van der Waals surface area contributed by atoms with Gasteiger partial charge in [0.05, 0.1) is 12.8 Å². The minimum absolute atomic E-state index is 0.0876. The first kappa shape index (κ1) is 18.9. The lowest BCUT2D eigenvalue weighted by Gasteiger charge is -2.13. The molecule has 0 unspecified atom stereocenters. The molecule has 0 atom stereocenters. The van der Waals surface area contributed by atoms with Gasteiger partial charge in [-0.05, 0) is 50.3 Å². The number of hydrogen-bond acceptors (Lipinski definition) is 4. The second-order valence-electron chi connectivity index (χ2n) is 6.65. The maximum Gasteiger partial charge on any atom is 0.267 e. The quantitative estimate of drug-likeness (QED) is 0.764. The highest BCUT2D eigenvalue weighted by molar-refractivity contribution is 5.75. The summed E-state index contributed by atoms with van der Waals surface area (Å²) in [6.07, 6.45) is 7.90. The van der Waals surface area contributed by atoms with Gasteiger partial charge in [-0.15, -0.1) is 0 Å². The number of carbonyl (C=O) groups excluding carboxylic acids is 1. The minimum atomic E-state index is -0.299. The first-order chi connectivity index (χ1) is 13.2. The zero-order valence-electron chi connectivity index (χ0n) is 15.6. The number of nitrogens with one attached hydrogen (secondary N) is 1. The van der Waals surface area contributed by atoms with Crippen molar-refractivity contribution in [1.82, 2.24) is 15.1 Å². The molecule has 0 bridgehead atoms. The molecular weight excluding hydrogens is 342 g/mol. The molecule has 0 fully saturated rings. The van der Waals surface area contributed by atoms with Gasteiger partial charge in [-0.3, -0.25) is 9.59 Å². The van der Waals surface area contributed by atoms with E-state index < -0.39 is 0 Å². The van der Waals surface area contributed by atoms with Crippen LogP contribution in [0.25, 0.3) is 11.3 Å². The van der Waals surface area contributed by atoms with Crippen molar-refractivity contribution in [3.05, 3.63) is 58.4 Å². The molecule has 1 aliphatic rings. The summed E-state index contributed by atoms with van der Waals surface area (Å²) < 4.78 is 6.42. The molecule has 0 spiro atoms.